The van der Waals surface area contributed by atoms with Gasteiger partial charge in [0.2, 0.25) is 0 Å². The third kappa shape index (κ3) is 7.01. The van der Waals surface area contributed by atoms with Crippen molar-refractivity contribution in [3.8, 4) is 0 Å². The van der Waals surface area contributed by atoms with Gasteiger partial charge in [0, 0.05) is 25.1 Å². The summed E-state index contributed by atoms with van der Waals surface area (Å²) in [4.78, 5) is 38.0. The number of alkyl halides is 3. The molecule has 0 saturated carbocycles. The van der Waals surface area contributed by atoms with Crippen LogP contribution in [0.3, 0.4) is 0 Å². The van der Waals surface area contributed by atoms with E-state index in [0.29, 0.717) is 32.0 Å². The Labute approximate surface area is 192 Å². The number of amides is 1. The number of ketones is 1. The fourth-order valence-corrected chi connectivity index (χ4v) is 3.29. The summed E-state index contributed by atoms with van der Waals surface area (Å²) in [6, 6.07) is 7.85. The third-order valence-corrected chi connectivity index (χ3v) is 5.04. The predicted octanol–water partition coefficient (Wildman–Crippen LogP) is 3.83. The van der Waals surface area contributed by atoms with E-state index in [4.69, 9.17) is 9.47 Å². The number of hydrogen-bond donors (Lipinski definition) is 1. The van der Waals surface area contributed by atoms with E-state index in [2.05, 4.69) is 5.32 Å². The van der Waals surface area contributed by atoms with Crippen LogP contribution in [-0.2, 0) is 25.2 Å². The number of hydrogen-bond acceptors (Lipinski definition) is 6. The molecule has 0 atom stereocenters. The van der Waals surface area contributed by atoms with Gasteiger partial charge in [0.05, 0.1) is 36.6 Å². The molecule has 0 aromatic heterocycles. The lowest BCUT2D eigenvalue weighted by atomic mass is 10.1. The highest BCUT2D eigenvalue weighted by molar-refractivity contribution is 5.98. The maximum atomic E-state index is 13.2. The number of anilines is 2. The van der Waals surface area contributed by atoms with Crippen molar-refractivity contribution in [2.45, 2.75) is 19.0 Å². The number of rotatable bonds is 8. The quantitative estimate of drug-likeness (QED) is 0.350. The van der Waals surface area contributed by atoms with Crippen molar-refractivity contribution in [1.82, 2.24) is 0 Å². The van der Waals surface area contributed by atoms with Crippen LogP contribution in [0.15, 0.2) is 42.5 Å². The highest BCUT2D eigenvalue weighted by atomic mass is 19.4. The highest BCUT2D eigenvalue weighted by Crippen LogP contribution is 2.35. The van der Waals surface area contributed by atoms with E-state index in [9.17, 15) is 31.9 Å². The van der Waals surface area contributed by atoms with Crippen LogP contribution >= 0.6 is 0 Å². The minimum atomic E-state index is -4.60. The zero-order valence-electron chi connectivity index (χ0n) is 18.0. The van der Waals surface area contributed by atoms with Gasteiger partial charge in [0.15, 0.2) is 12.4 Å². The van der Waals surface area contributed by atoms with Gasteiger partial charge in [0.1, 0.15) is 5.82 Å². The molecular weight excluding hydrogens is 460 g/mol. The second-order valence-corrected chi connectivity index (χ2v) is 7.47. The number of carbonyl (C=O) groups is 3. The Morgan fingerprint density at radius 3 is 2.32 bits per heavy atom. The Bertz CT molecular complexity index is 1030. The van der Waals surface area contributed by atoms with Gasteiger partial charge < -0.3 is 19.7 Å². The van der Waals surface area contributed by atoms with Gasteiger partial charge in [-0.05, 0) is 42.5 Å². The first-order valence-electron chi connectivity index (χ1n) is 10.4. The van der Waals surface area contributed by atoms with Crippen LogP contribution in [0.25, 0.3) is 0 Å². The average molecular weight is 482 g/mol. The number of esters is 1. The number of carbonyl (C=O) groups excluding carboxylic acids is 3. The first kappa shape index (κ1) is 25.2. The topological polar surface area (TPSA) is 84.9 Å². The van der Waals surface area contributed by atoms with Crippen molar-refractivity contribution in [1.29, 1.82) is 0 Å². The van der Waals surface area contributed by atoms with Gasteiger partial charge >= 0.3 is 12.1 Å². The molecule has 0 bridgehead atoms. The van der Waals surface area contributed by atoms with Gasteiger partial charge in [-0.25, -0.2) is 4.39 Å². The zero-order valence-corrected chi connectivity index (χ0v) is 18.0. The van der Waals surface area contributed by atoms with Gasteiger partial charge in [-0.3, -0.25) is 14.4 Å². The van der Waals surface area contributed by atoms with Crippen molar-refractivity contribution in [2.24, 2.45) is 0 Å². The number of benzene rings is 2. The lowest BCUT2D eigenvalue weighted by Gasteiger charge is -2.31. The maximum absolute atomic E-state index is 13.2. The standard InChI is InChI=1S/C23H22F4N2O5/c24-17-4-1-15(2-5-17)20(30)7-8-22(32)34-14-21(31)28-18-13-16(23(25,26)27)3-6-19(18)29-9-11-33-12-10-29/h1-6,13H,7-12,14H2,(H,28,31). The van der Waals surface area contributed by atoms with Crippen LogP contribution in [0, 0.1) is 5.82 Å². The van der Waals surface area contributed by atoms with Gasteiger partial charge in [-0.2, -0.15) is 13.2 Å². The summed E-state index contributed by atoms with van der Waals surface area (Å²) >= 11 is 0. The Morgan fingerprint density at radius 1 is 1.00 bits per heavy atom. The molecule has 1 fully saturated rings. The van der Waals surface area contributed by atoms with E-state index < -0.39 is 41.8 Å². The van der Waals surface area contributed by atoms with Crippen molar-refractivity contribution < 1.29 is 41.4 Å². The highest BCUT2D eigenvalue weighted by Gasteiger charge is 2.32. The molecule has 11 heteroatoms. The SMILES string of the molecule is O=C(COC(=O)CCC(=O)c1ccc(F)cc1)Nc1cc(C(F)(F)F)ccc1N1CCOCC1. The normalized spacial score (nSPS) is 13.9. The molecule has 3 rings (SSSR count). The van der Waals surface area contributed by atoms with Crippen LogP contribution < -0.4 is 10.2 Å². The predicted molar refractivity (Wildman–Crippen MR) is 114 cm³/mol. The number of morpholine rings is 1. The summed E-state index contributed by atoms with van der Waals surface area (Å²) in [6.45, 7) is 0.921. The summed E-state index contributed by atoms with van der Waals surface area (Å²) in [5.74, 6) is -2.56. The molecule has 1 aliphatic rings. The Morgan fingerprint density at radius 2 is 1.68 bits per heavy atom. The van der Waals surface area contributed by atoms with E-state index in [-0.39, 0.29) is 24.1 Å². The first-order valence-corrected chi connectivity index (χ1v) is 10.4. The molecule has 1 aliphatic heterocycles. The van der Waals surface area contributed by atoms with E-state index >= 15 is 0 Å². The van der Waals surface area contributed by atoms with Crippen LogP contribution in [0.4, 0.5) is 28.9 Å². The molecular formula is C23H22F4N2O5. The molecule has 0 unspecified atom stereocenters. The molecule has 1 N–H and O–H groups in total. The minimum absolute atomic E-state index is 0.0655. The second-order valence-electron chi connectivity index (χ2n) is 7.47. The van der Waals surface area contributed by atoms with E-state index in [0.717, 1.165) is 24.3 Å². The molecule has 1 heterocycles. The zero-order chi connectivity index (χ0) is 24.7. The molecule has 0 aliphatic carbocycles. The number of nitrogens with one attached hydrogen (secondary N) is 1. The summed E-state index contributed by atoms with van der Waals surface area (Å²) in [7, 11) is 0. The maximum Gasteiger partial charge on any atom is 0.416 e. The molecule has 2 aromatic rings. The van der Waals surface area contributed by atoms with Gasteiger partial charge in [-0.1, -0.05) is 0 Å². The van der Waals surface area contributed by atoms with Gasteiger partial charge in [0.25, 0.3) is 5.91 Å². The van der Waals surface area contributed by atoms with Crippen molar-refractivity contribution in [3.63, 3.8) is 0 Å². The summed E-state index contributed by atoms with van der Waals surface area (Å²) in [5.41, 5.74) is -0.381. The van der Waals surface area contributed by atoms with Crippen LogP contribution in [0.5, 0.6) is 0 Å². The molecule has 1 saturated heterocycles. The average Bonchev–Trinajstić information content (AvgIpc) is 2.81. The largest absolute Gasteiger partial charge is 0.456 e. The molecule has 7 nitrogen and oxygen atoms in total. The second kappa shape index (κ2) is 11.1. The van der Waals surface area contributed by atoms with E-state index in [1.807, 2.05) is 0 Å². The Balaban J connectivity index is 1.57. The van der Waals surface area contributed by atoms with Crippen molar-refractivity contribution in [3.05, 3.63) is 59.4 Å². The summed E-state index contributed by atoms with van der Waals surface area (Å²) < 4.78 is 62.5. The molecule has 182 valence electrons. The number of ether oxygens (including phenoxy) is 2. The third-order valence-electron chi connectivity index (χ3n) is 5.04. The minimum Gasteiger partial charge on any atom is -0.456 e. The monoisotopic (exact) mass is 482 g/mol. The Hall–Kier alpha value is -3.47. The van der Waals surface area contributed by atoms with Crippen LogP contribution in [0.2, 0.25) is 0 Å². The fourth-order valence-electron chi connectivity index (χ4n) is 3.29. The lowest BCUT2D eigenvalue weighted by Crippen LogP contribution is -2.37. The van der Waals surface area contributed by atoms with Crippen LogP contribution in [-0.4, -0.2) is 50.6 Å². The molecule has 0 radical (unpaired) electrons. The molecule has 0 spiro atoms. The van der Waals surface area contributed by atoms with E-state index in [1.165, 1.54) is 18.2 Å². The molecule has 34 heavy (non-hydrogen) atoms. The number of nitrogens with zero attached hydrogens (tertiary/aromatic N) is 1. The summed E-state index contributed by atoms with van der Waals surface area (Å²) in [6.07, 6.45) is -5.13. The fraction of sp³-hybridized carbons (Fsp3) is 0.348. The Kier molecular flexibility index (Phi) is 8.21. The van der Waals surface area contributed by atoms with Crippen molar-refractivity contribution >= 4 is 29.0 Å². The molecule has 2 aromatic carbocycles. The smallest absolute Gasteiger partial charge is 0.416 e. The lowest BCUT2D eigenvalue weighted by molar-refractivity contribution is -0.147. The van der Waals surface area contributed by atoms with Crippen molar-refractivity contribution in [2.75, 3.05) is 43.1 Å². The van der Waals surface area contributed by atoms with Crippen LogP contribution in [0.1, 0.15) is 28.8 Å². The molecule has 1 amide bonds. The summed E-state index contributed by atoms with van der Waals surface area (Å²) in [5, 5.41) is 2.37. The number of Topliss-reactive ketones (excluding diaryl/α,β-unsaturated/α-hetero) is 1. The van der Waals surface area contributed by atoms with E-state index in [1.54, 1.807) is 4.90 Å². The van der Waals surface area contributed by atoms with Gasteiger partial charge in [-0.15, -0.1) is 0 Å². The number of halogens is 4. The first-order chi connectivity index (χ1) is 16.1.